The van der Waals surface area contributed by atoms with Gasteiger partial charge in [-0.2, -0.15) is 0 Å². The molecule has 6 saturated carbocycles. The Morgan fingerprint density at radius 3 is 0.491 bits per heavy atom. The fourth-order valence-corrected chi connectivity index (χ4v) is 8.95. The number of hydrogen-bond acceptors (Lipinski definition) is 12. The molecule has 0 amide bonds. The molecular formula is C45H96N6O6. The van der Waals surface area contributed by atoms with Gasteiger partial charge in [-0.05, 0) is 126 Å². The molecule has 0 unspecified atom stereocenters. The molecular weight excluding hydrogens is 721 g/mol. The van der Waals surface area contributed by atoms with Gasteiger partial charge in [-0.15, -0.1) is 0 Å². The molecule has 12 heteroatoms. The van der Waals surface area contributed by atoms with Crippen LogP contribution in [0.2, 0.25) is 0 Å². The van der Waals surface area contributed by atoms with Crippen LogP contribution in [0.25, 0.3) is 0 Å². The van der Waals surface area contributed by atoms with Crippen molar-refractivity contribution in [1.29, 1.82) is 0 Å². The van der Waals surface area contributed by atoms with Crippen molar-refractivity contribution in [2.45, 2.75) is 207 Å². The maximum absolute atomic E-state index is 9.30. The predicted octanol–water partition coefficient (Wildman–Crippen LogP) is 4.24. The summed E-state index contributed by atoms with van der Waals surface area (Å²) in [5.41, 5.74) is 0.495. The Bertz CT molecular complexity index is 897. The summed E-state index contributed by atoms with van der Waals surface area (Å²) in [4.78, 5) is 0. The molecule has 12 N–H and O–H groups in total. The van der Waals surface area contributed by atoms with Gasteiger partial charge in [0.2, 0.25) is 0 Å². The highest BCUT2D eigenvalue weighted by molar-refractivity contribution is 5.00. The van der Waals surface area contributed by atoms with Gasteiger partial charge in [-0.25, -0.2) is 0 Å². The lowest BCUT2D eigenvalue weighted by Crippen LogP contribution is -2.52. The van der Waals surface area contributed by atoms with E-state index in [0.717, 1.165) is 77.0 Å². The Kier molecular flexibility index (Phi) is 28.4. The van der Waals surface area contributed by atoms with Crippen LogP contribution in [-0.2, 0) is 0 Å². The molecule has 0 bridgehead atoms. The quantitative estimate of drug-likeness (QED) is 0.126. The molecule has 0 radical (unpaired) electrons. The minimum atomic E-state index is 0.0421. The van der Waals surface area contributed by atoms with Gasteiger partial charge in [0.15, 0.2) is 0 Å². The lowest BCUT2D eigenvalue weighted by molar-refractivity contribution is 0.0967. The Labute approximate surface area is 350 Å². The Morgan fingerprint density at radius 1 is 0.228 bits per heavy atom. The third-order valence-corrected chi connectivity index (χ3v) is 14.9. The van der Waals surface area contributed by atoms with Crippen LogP contribution in [0.5, 0.6) is 0 Å². The average Bonchev–Trinajstić information content (AvgIpc) is 3.96. The molecule has 12 nitrogen and oxygen atoms in total. The van der Waals surface area contributed by atoms with E-state index < -0.39 is 0 Å². The summed E-state index contributed by atoms with van der Waals surface area (Å²) in [6.45, 7) is 1.77. The molecule has 6 rings (SSSR count). The van der Waals surface area contributed by atoms with Crippen molar-refractivity contribution in [3.8, 4) is 0 Å². The average molecular weight is 817 g/mol. The first-order chi connectivity index (χ1) is 27.5. The van der Waals surface area contributed by atoms with E-state index in [4.69, 9.17) is 20.4 Å². The number of aliphatic hydroxyl groups excluding tert-OH is 6. The zero-order chi connectivity index (χ0) is 42.6. The predicted molar refractivity (Wildman–Crippen MR) is 238 cm³/mol. The number of nitrogens with one attached hydrogen (secondary N) is 6. The maximum atomic E-state index is 9.30. The number of hydrogen-bond donors (Lipinski definition) is 12. The maximum Gasteiger partial charge on any atom is 0.0613 e. The summed E-state index contributed by atoms with van der Waals surface area (Å²) in [6, 6.07) is 0. The summed E-state index contributed by atoms with van der Waals surface area (Å²) in [5.74, 6) is 0. The van der Waals surface area contributed by atoms with E-state index in [-0.39, 0.29) is 33.2 Å². The first-order valence-corrected chi connectivity index (χ1v) is 23.3. The second-order valence-corrected chi connectivity index (χ2v) is 18.4. The second kappa shape index (κ2) is 29.7. The molecule has 0 aromatic heterocycles. The Morgan fingerprint density at radius 2 is 0.368 bits per heavy atom. The molecule has 342 valence electrons. The zero-order valence-corrected chi connectivity index (χ0v) is 38.0. The Balaban J connectivity index is 0.000000345. The van der Waals surface area contributed by atoms with E-state index in [9.17, 15) is 10.2 Å². The van der Waals surface area contributed by atoms with Crippen molar-refractivity contribution in [2.75, 3.05) is 81.9 Å². The monoisotopic (exact) mass is 817 g/mol. The molecule has 0 aromatic carbocycles. The molecule has 6 aliphatic carbocycles. The first kappa shape index (κ1) is 54.5. The van der Waals surface area contributed by atoms with E-state index in [1.54, 1.807) is 0 Å². The molecule has 57 heavy (non-hydrogen) atoms. The molecule has 0 saturated heterocycles. The van der Waals surface area contributed by atoms with Crippen molar-refractivity contribution in [1.82, 2.24) is 31.9 Å². The van der Waals surface area contributed by atoms with E-state index in [0.29, 0.717) is 39.6 Å². The summed E-state index contributed by atoms with van der Waals surface area (Å²) in [7, 11) is 11.6. The third-order valence-electron chi connectivity index (χ3n) is 14.9. The lowest BCUT2D eigenvalue weighted by atomic mass is 9.78. The number of aliphatic hydroxyl groups is 6. The lowest BCUT2D eigenvalue weighted by Gasteiger charge is -2.39. The minimum absolute atomic E-state index is 0.0421. The van der Waals surface area contributed by atoms with Gasteiger partial charge in [0.05, 0.1) is 39.6 Å². The van der Waals surface area contributed by atoms with E-state index in [2.05, 4.69) is 31.9 Å². The number of likely N-dealkylation sites (N-methyl/N-ethyl adjacent to an activating group) is 6. The molecule has 0 spiro atoms. The third kappa shape index (κ3) is 19.4. The highest BCUT2D eigenvalue weighted by Gasteiger charge is 2.40. The van der Waals surface area contributed by atoms with Crippen LogP contribution in [0.15, 0.2) is 0 Å². The SMILES string of the molecule is CNC1(CO)CC1.CNC1(CO)CCC1.CNC1(CO)CCCC1.CNC1(CO)CCCCC1.CNC1(CO)CCCCCC1.CNC1(CO)CCCCCCC1. The molecule has 6 fully saturated rings. The molecule has 0 aliphatic heterocycles. The van der Waals surface area contributed by atoms with Crippen LogP contribution >= 0.6 is 0 Å². The second-order valence-electron chi connectivity index (χ2n) is 18.4. The van der Waals surface area contributed by atoms with Crippen molar-refractivity contribution in [3.63, 3.8) is 0 Å². The summed E-state index contributed by atoms with van der Waals surface area (Å²) in [6.07, 6.45) is 33.1. The van der Waals surface area contributed by atoms with Gasteiger partial charge in [0.1, 0.15) is 0 Å². The first-order valence-electron chi connectivity index (χ1n) is 23.3. The highest BCUT2D eigenvalue weighted by Crippen LogP contribution is 2.34. The van der Waals surface area contributed by atoms with Gasteiger partial charge in [0, 0.05) is 33.2 Å². The summed E-state index contributed by atoms with van der Waals surface area (Å²) < 4.78 is 0. The Hall–Kier alpha value is -0.480. The van der Waals surface area contributed by atoms with Gasteiger partial charge < -0.3 is 62.5 Å². The largest absolute Gasteiger partial charge is 0.394 e. The van der Waals surface area contributed by atoms with E-state index >= 15 is 0 Å². The van der Waals surface area contributed by atoms with Crippen LogP contribution in [-0.4, -0.2) is 146 Å². The topological polar surface area (TPSA) is 194 Å². The smallest absolute Gasteiger partial charge is 0.0613 e. The highest BCUT2D eigenvalue weighted by atomic mass is 16.3. The van der Waals surface area contributed by atoms with Crippen LogP contribution in [0.1, 0.15) is 173 Å². The number of rotatable bonds is 12. The molecule has 0 atom stereocenters. The van der Waals surface area contributed by atoms with Gasteiger partial charge >= 0.3 is 0 Å². The normalized spacial score (nSPS) is 24.6. The van der Waals surface area contributed by atoms with Gasteiger partial charge in [0.25, 0.3) is 0 Å². The van der Waals surface area contributed by atoms with Crippen LogP contribution in [0, 0.1) is 0 Å². The standard InChI is InChI=1S/C10H21NO.C9H19NO.C8H17NO.C7H15NO.C6H13NO.C5H11NO/c1-11-10(9-12)7-5-3-2-4-6-8-10;1-10-9(8-11)6-4-2-3-5-7-9;1-9-8(7-10)5-3-2-4-6-8;1-8-7(6-9)4-2-3-5-7;1-7-6(5-8)3-2-4-6;1-6-5(4-7)2-3-5/h11-12H,2-9H2,1H3;10-11H,2-8H2,1H3;9-10H,2-7H2,1H3;8-9H,2-6H2,1H3;7-8H,2-5H2,1H3;6-7H,2-4H2,1H3. The van der Waals surface area contributed by atoms with Crippen molar-refractivity contribution in [2.24, 2.45) is 0 Å². The fraction of sp³-hybridized carbons (Fsp3) is 1.00. The molecule has 0 heterocycles. The molecule has 6 aliphatic rings. The summed E-state index contributed by atoms with van der Waals surface area (Å²) >= 11 is 0. The van der Waals surface area contributed by atoms with Crippen LogP contribution in [0.4, 0.5) is 0 Å². The van der Waals surface area contributed by atoms with E-state index in [1.165, 1.54) is 96.3 Å². The fourth-order valence-electron chi connectivity index (χ4n) is 8.95. The van der Waals surface area contributed by atoms with Gasteiger partial charge in [-0.1, -0.05) is 89.9 Å². The van der Waals surface area contributed by atoms with Crippen LogP contribution in [0.3, 0.4) is 0 Å². The van der Waals surface area contributed by atoms with E-state index in [1.807, 2.05) is 42.3 Å². The molecule has 0 aromatic rings. The van der Waals surface area contributed by atoms with Crippen molar-refractivity contribution < 1.29 is 30.6 Å². The minimum Gasteiger partial charge on any atom is -0.394 e. The van der Waals surface area contributed by atoms with Gasteiger partial charge in [-0.3, -0.25) is 0 Å². The zero-order valence-electron chi connectivity index (χ0n) is 38.0. The van der Waals surface area contributed by atoms with Crippen LogP contribution < -0.4 is 31.9 Å². The van der Waals surface area contributed by atoms with Crippen molar-refractivity contribution >= 4 is 0 Å². The van der Waals surface area contributed by atoms with Crippen molar-refractivity contribution in [3.05, 3.63) is 0 Å². The summed E-state index contributed by atoms with van der Waals surface area (Å²) in [5, 5.41) is 73.0.